The fourth-order valence-corrected chi connectivity index (χ4v) is 1.71. The normalized spacial score (nSPS) is 16.5. The van der Waals surface area contributed by atoms with E-state index in [-0.39, 0.29) is 6.61 Å². The molecular formula is C14H17NO4. The van der Waals surface area contributed by atoms with Crippen molar-refractivity contribution in [1.82, 2.24) is 0 Å². The van der Waals surface area contributed by atoms with Crippen molar-refractivity contribution in [1.29, 1.82) is 0 Å². The summed E-state index contributed by atoms with van der Waals surface area (Å²) < 4.78 is 10.2. The molecule has 5 heteroatoms. The summed E-state index contributed by atoms with van der Waals surface area (Å²) in [5, 5.41) is 3.75. The van der Waals surface area contributed by atoms with E-state index in [0.717, 1.165) is 11.3 Å². The highest BCUT2D eigenvalue weighted by Crippen LogP contribution is 2.23. The lowest BCUT2D eigenvalue weighted by Gasteiger charge is -2.13. The summed E-state index contributed by atoms with van der Waals surface area (Å²) in [5.74, 6) is 0.340. The van der Waals surface area contributed by atoms with E-state index in [2.05, 4.69) is 5.16 Å². The summed E-state index contributed by atoms with van der Waals surface area (Å²) in [4.78, 5) is 16.9. The largest absolute Gasteiger partial charge is 0.497 e. The topological polar surface area (TPSA) is 57.1 Å². The molecule has 0 amide bonds. The molecule has 102 valence electrons. The molecule has 1 heterocycles. The maximum absolute atomic E-state index is 11.8. The molecule has 1 aliphatic heterocycles. The van der Waals surface area contributed by atoms with Crippen LogP contribution in [0.25, 0.3) is 0 Å². The molecule has 0 aromatic heterocycles. The van der Waals surface area contributed by atoms with E-state index in [4.69, 9.17) is 14.3 Å². The zero-order valence-corrected chi connectivity index (χ0v) is 11.3. The van der Waals surface area contributed by atoms with E-state index in [9.17, 15) is 4.79 Å². The Labute approximate surface area is 112 Å². The molecule has 0 saturated heterocycles. The summed E-state index contributed by atoms with van der Waals surface area (Å²) in [7, 11) is 1.61. The minimum absolute atomic E-state index is 0.211. The number of rotatable bonds is 4. The smallest absolute Gasteiger partial charge is 0.356 e. The first kappa shape index (κ1) is 13.4. The Morgan fingerprint density at radius 2 is 2.05 bits per heavy atom. The molecule has 2 rings (SSSR count). The zero-order valence-electron chi connectivity index (χ0n) is 11.3. The number of benzene rings is 1. The molecule has 0 bridgehead atoms. The molecule has 0 fully saturated rings. The summed E-state index contributed by atoms with van der Waals surface area (Å²) in [5.41, 5.74) is 0.806. The SMILES string of the molecule is COc1ccc(COC(=O)C2=NOC(C)(C)C2)cc1. The second-order valence-electron chi connectivity index (χ2n) is 4.99. The van der Waals surface area contributed by atoms with Crippen molar-refractivity contribution in [3.63, 3.8) is 0 Å². The number of carbonyl (C=O) groups excluding carboxylic acids is 1. The van der Waals surface area contributed by atoms with E-state index in [1.54, 1.807) is 7.11 Å². The van der Waals surface area contributed by atoms with E-state index in [0.29, 0.717) is 12.1 Å². The number of carbonyl (C=O) groups is 1. The second kappa shape index (κ2) is 5.30. The van der Waals surface area contributed by atoms with E-state index in [1.165, 1.54) is 0 Å². The lowest BCUT2D eigenvalue weighted by atomic mass is 10.0. The van der Waals surface area contributed by atoms with Gasteiger partial charge in [-0.1, -0.05) is 17.3 Å². The van der Waals surface area contributed by atoms with Gasteiger partial charge in [0.2, 0.25) is 0 Å². The van der Waals surface area contributed by atoms with E-state index in [1.807, 2.05) is 38.1 Å². The fraction of sp³-hybridized carbons (Fsp3) is 0.429. The van der Waals surface area contributed by atoms with Gasteiger partial charge in [-0.3, -0.25) is 0 Å². The molecule has 1 aromatic carbocycles. The van der Waals surface area contributed by atoms with Gasteiger partial charge in [0.15, 0.2) is 5.71 Å². The molecule has 0 unspecified atom stereocenters. The van der Waals surface area contributed by atoms with Crippen molar-refractivity contribution < 1.29 is 19.1 Å². The average Bonchev–Trinajstić information content (AvgIpc) is 2.77. The first-order chi connectivity index (χ1) is 9.00. The van der Waals surface area contributed by atoms with Gasteiger partial charge < -0.3 is 14.3 Å². The van der Waals surface area contributed by atoms with E-state index >= 15 is 0 Å². The Morgan fingerprint density at radius 1 is 1.37 bits per heavy atom. The van der Waals surface area contributed by atoms with Gasteiger partial charge in [-0.15, -0.1) is 0 Å². The number of ether oxygens (including phenoxy) is 2. The highest BCUT2D eigenvalue weighted by Gasteiger charge is 2.33. The Hall–Kier alpha value is -2.04. The van der Waals surface area contributed by atoms with Crippen molar-refractivity contribution in [2.24, 2.45) is 5.16 Å². The van der Waals surface area contributed by atoms with Crippen LogP contribution in [0, 0.1) is 0 Å². The number of hydrogen-bond acceptors (Lipinski definition) is 5. The minimum Gasteiger partial charge on any atom is -0.497 e. The monoisotopic (exact) mass is 263 g/mol. The van der Waals surface area contributed by atoms with Crippen LogP contribution in [0.5, 0.6) is 5.75 Å². The number of oxime groups is 1. The highest BCUT2D eigenvalue weighted by molar-refractivity contribution is 6.36. The highest BCUT2D eigenvalue weighted by atomic mass is 16.7. The molecular weight excluding hydrogens is 246 g/mol. The van der Waals surface area contributed by atoms with E-state index < -0.39 is 11.6 Å². The molecule has 0 aliphatic carbocycles. The fourth-order valence-electron chi connectivity index (χ4n) is 1.71. The Balaban J connectivity index is 1.87. The maximum atomic E-state index is 11.8. The van der Waals surface area contributed by atoms with Crippen LogP contribution in [0.1, 0.15) is 25.8 Å². The lowest BCUT2D eigenvalue weighted by Crippen LogP contribution is -2.23. The van der Waals surface area contributed by atoms with Crippen LogP contribution in [0.3, 0.4) is 0 Å². The van der Waals surface area contributed by atoms with Crippen molar-refractivity contribution in [2.75, 3.05) is 7.11 Å². The summed E-state index contributed by atoms with van der Waals surface area (Å²) in [6.45, 7) is 3.96. The lowest BCUT2D eigenvalue weighted by molar-refractivity contribution is -0.136. The van der Waals surface area contributed by atoms with Gasteiger partial charge in [0.05, 0.1) is 7.11 Å². The summed E-state index contributed by atoms with van der Waals surface area (Å²) in [6.07, 6.45) is 0.467. The van der Waals surface area contributed by atoms with Crippen molar-refractivity contribution >= 4 is 11.7 Å². The van der Waals surface area contributed by atoms with Gasteiger partial charge in [0, 0.05) is 6.42 Å². The zero-order chi connectivity index (χ0) is 13.9. The van der Waals surface area contributed by atoms with Gasteiger partial charge in [-0.2, -0.15) is 0 Å². The molecule has 1 aromatic rings. The molecule has 19 heavy (non-hydrogen) atoms. The molecule has 0 radical (unpaired) electrons. The first-order valence-electron chi connectivity index (χ1n) is 6.05. The summed E-state index contributed by atoms with van der Waals surface area (Å²) in [6, 6.07) is 7.34. The van der Waals surface area contributed by atoms with Crippen LogP contribution < -0.4 is 4.74 Å². The summed E-state index contributed by atoms with van der Waals surface area (Å²) >= 11 is 0. The van der Waals surface area contributed by atoms with Gasteiger partial charge >= 0.3 is 5.97 Å². The maximum Gasteiger partial charge on any atom is 0.356 e. The quantitative estimate of drug-likeness (QED) is 0.782. The molecule has 0 N–H and O–H groups in total. The first-order valence-corrected chi connectivity index (χ1v) is 6.05. The van der Waals surface area contributed by atoms with Crippen molar-refractivity contribution in [3.8, 4) is 5.75 Å². The van der Waals surface area contributed by atoms with Gasteiger partial charge in [0.1, 0.15) is 18.0 Å². The molecule has 0 spiro atoms. The van der Waals surface area contributed by atoms with Crippen molar-refractivity contribution in [2.45, 2.75) is 32.5 Å². The molecule has 0 atom stereocenters. The predicted octanol–water partition coefficient (Wildman–Crippen LogP) is 2.29. The third kappa shape index (κ3) is 3.47. The number of hydrogen-bond donors (Lipinski definition) is 0. The number of methoxy groups -OCH3 is 1. The second-order valence-corrected chi connectivity index (χ2v) is 4.99. The average molecular weight is 263 g/mol. The molecule has 5 nitrogen and oxygen atoms in total. The third-order valence-electron chi connectivity index (χ3n) is 2.76. The Bertz CT molecular complexity index is 491. The van der Waals surface area contributed by atoms with Crippen LogP contribution in [0.4, 0.5) is 0 Å². The van der Waals surface area contributed by atoms with Crippen LogP contribution >= 0.6 is 0 Å². The van der Waals surface area contributed by atoms with Gasteiger partial charge in [-0.05, 0) is 31.5 Å². The van der Waals surface area contributed by atoms with Gasteiger partial charge in [0.25, 0.3) is 0 Å². The Kier molecular flexibility index (Phi) is 3.74. The number of esters is 1. The Morgan fingerprint density at radius 3 is 2.58 bits per heavy atom. The number of nitrogens with zero attached hydrogens (tertiary/aromatic N) is 1. The molecule has 0 saturated carbocycles. The van der Waals surface area contributed by atoms with Crippen LogP contribution in [0.15, 0.2) is 29.4 Å². The molecule has 1 aliphatic rings. The van der Waals surface area contributed by atoms with Crippen molar-refractivity contribution in [3.05, 3.63) is 29.8 Å². The standard InChI is InChI=1S/C14H17NO4/c1-14(2)8-12(15-19-14)13(16)18-9-10-4-6-11(17-3)7-5-10/h4-7H,8-9H2,1-3H3. The minimum atomic E-state index is -0.429. The van der Waals surface area contributed by atoms with Gasteiger partial charge in [-0.25, -0.2) is 4.79 Å². The van der Waals surface area contributed by atoms with Crippen LogP contribution in [0.2, 0.25) is 0 Å². The predicted molar refractivity (Wildman–Crippen MR) is 70.0 cm³/mol. The third-order valence-corrected chi connectivity index (χ3v) is 2.76. The van der Waals surface area contributed by atoms with Crippen LogP contribution in [-0.4, -0.2) is 24.4 Å². The van der Waals surface area contributed by atoms with Crippen LogP contribution in [-0.2, 0) is 21.0 Å².